The highest BCUT2D eigenvalue weighted by Gasteiger charge is 2.36. The third-order valence-electron chi connectivity index (χ3n) is 2.68. The zero-order valence-corrected chi connectivity index (χ0v) is 9.44. The molecule has 0 aliphatic heterocycles. The Kier molecular flexibility index (Phi) is 2.48. The van der Waals surface area contributed by atoms with Crippen molar-refractivity contribution < 1.29 is 13.2 Å². The molecule has 0 saturated carbocycles. The highest BCUT2D eigenvalue weighted by Crippen LogP contribution is 2.36. The number of halogens is 3. The molecule has 0 spiro atoms. The van der Waals surface area contributed by atoms with Crippen molar-refractivity contribution in [2.45, 2.75) is 6.18 Å². The van der Waals surface area contributed by atoms with Crippen molar-refractivity contribution in [3.05, 3.63) is 42.4 Å². The molecule has 96 valence electrons. The molecule has 2 aromatic heterocycles. The number of nitrogens with zero attached hydrogens (tertiary/aromatic N) is 3. The second kappa shape index (κ2) is 4.04. The molecule has 0 bridgehead atoms. The van der Waals surface area contributed by atoms with Gasteiger partial charge in [-0.3, -0.25) is 5.10 Å². The second-order valence-corrected chi connectivity index (χ2v) is 3.88. The fraction of sp³-hybridized carbons (Fsp3) is 0.0833. The summed E-state index contributed by atoms with van der Waals surface area (Å²) in [5.74, 6) is 0. The molecule has 19 heavy (non-hydrogen) atoms. The number of aromatic amines is 1. The van der Waals surface area contributed by atoms with E-state index in [1.165, 1.54) is 6.33 Å². The molecule has 0 amide bonds. The van der Waals surface area contributed by atoms with Gasteiger partial charge < -0.3 is 0 Å². The van der Waals surface area contributed by atoms with Gasteiger partial charge in [-0.05, 0) is 0 Å². The summed E-state index contributed by atoms with van der Waals surface area (Å²) < 4.78 is 38.8. The van der Waals surface area contributed by atoms with Crippen LogP contribution in [0, 0.1) is 0 Å². The van der Waals surface area contributed by atoms with Crippen LogP contribution in [0.2, 0.25) is 0 Å². The molecule has 0 unspecified atom stereocenters. The quantitative estimate of drug-likeness (QED) is 0.735. The van der Waals surface area contributed by atoms with E-state index in [1.807, 2.05) is 5.10 Å². The number of H-pyrrole nitrogens is 1. The Labute approximate surface area is 105 Å². The van der Waals surface area contributed by atoms with Gasteiger partial charge in [0.25, 0.3) is 0 Å². The summed E-state index contributed by atoms with van der Waals surface area (Å²) in [4.78, 5) is 7.70. The average Bonchev–Trinajstić information content (AvgIpc) is 2.83. The summed E-state index contributed by atoms with van der Waals surface area (Å²) in [6, 6.07) is 8.62. The van der Waals surface area contributed by atoms with Gasteiger partial charge in [0.05, 0.1) is 11.1 Å². The number of benzene rings is 1. The first-order chi connectivity index (χ1) is 9.07. The summed E-state index contributed by atoms with van der Waals surface area (Å²) in [6.07, 6.45) is -3.32. The highest BCUT2D eigenvalue weighted by atomic mass is 19.4. The first kappa shape index (κ1) is 11.6. The van der Waals surface area contributed by atoms with Gasteiger partial charge in [-0.15, -0.1) is 0 Å². The average molecular weight is 264 g/mol. The van der Waals surface area contributed by atoms with Gasteiger partial charge in [-0.25, -0.2) is 9.97 Å². The number of fused-ring (bicyclic) bond motifs is 1. The van der Waals surface area contributed by atoms with E-state index in [-0.39, 0.29) is 16.7 Å². The molecular formula is C12H7F3N4. The fourth-order valence-electron chi connectivity index (χ4n) is 1.88. The first-order valence-electron chi connectivity index (χ1n) is 5.39. The molecule has 0 fully saturated rings. The van der Waals surface area contributed by atoms with Crippen LogP contribution in [0.4, 0.5) is 13.2 Å². The maximum Gasteiger partial charge on any atom is 0.433 e. The second-order valence-electron chi connectivity index (χ2n) is 3.88. The Bertz CT molecular complexity index is 719. The van der Waals surface area contributed by atoms with Crippen molar-refractivity contribution in [1.29, 1.82) is 0 Å². The van der Waals surface area contributed by atoms with Gasteiger partial charge in [-0.2, -0.15) is 18.3 Å². The van der Waals surface area contributed by atoms with Crippen LogP contribution in [0.5, 0.6) is 0 Å². The van der Waals surface area contributed by atoms with Crippen LogP contribution in [0.3, 0.4) is 0 Å². The number of aromatic nitrogens is 4. The highest BCUT2D eigenvalue weighted by molar-refractivity contribution is 5.92. The van der Waals surface area contributed by atoms with Crippen LogP contribution in [-0.4, -0.2) is 20.2 Å². The number of hydrogen-bond donors (Lipinski definition) is 1. The van der Waals surface area contributed by atoms with Gasteiger partial charge in [0, 0.05) is 5.56 Å². The van der Waals surface area contributed by atoms with Crippen LogP contribution in [0.1, 0.15) is 5.69 Å². The lowest BCUT2D eigenvalue weighted by Gasteiger charge is -2.06. The minimum atomic E-state index is -4.52. The molecule has 1 aromatic carbocycles. The van der Waals surface area contributed by atoms with Gasteiger partial charge in [0.15, 0.2) is 11.3 Å². The molecule has 1 N–H and O–H groups in total. The van der Waals surface area contributed by atoms with E-state index in [0.717, 1.165) is 0 Å². The van der Waals surface area contributed by atoms with Crippen LogP contribution < -0.4 is 0 Å². The third-order valence-corrected chi connectivity index (χ3v) is 2.68. The number of rotatable bonds is 1. The molecule has 0 saturated heterocycles. The maximum atomic E-state index is 12.9. The number of hydrogen-bond acceptors (Lipinski definition) is 3. The Morgan fingerprint density at radius 1 is 1.00 bits per heavy atom. The van der Waals surface area contributed by atoms with Crippen LogP contribution in [-0.2, 0) is 6.18 Å². The monoisotopic (exact) mass is 264 g/mol. The summed E-state index contributed by atoms with van der Waals surface area (Å²) in [5.41, 5.74) is -0.128. The fourth-order valence-corrected chi connectivity index (χ4v) is 1.88. The molecule has 0 aliphatic carbocycles. The SMILES string of the molecule is FC(F)(F)c1[nH]nc2ncnc(-c3ccccc3)c12. The van der Waals surface area contributed by atoms with Crippen molar-refractivity contribution in [2.75, 3.05) is 0 Å². The lowest BCUT2D eigenvalue weighted by Crippen LogP contribution is -2.06. The zero-order chi connectivity index (χ0) is 13.5. The Morgan fingerprint density at radius 2 is 1.74 bits per heavy atom. The molecule has 0 radical (unpaired) electrons. The Hall–Kier alpha value is -2.44. The standard InChI is InChI=1S/C12H7F3N4/c13-12(14,15)10-8-9(7-4-2-1-3-5-7)16-6-17-11(8)19-18-10/h1-6H,(H,16,17,18,19). The van der Waals surface area contributed by atoms with E-state index < -0.39 is 11.9 Å². The van der Waals surface area contributed by atoms with Gasteiger partial charge in [-0.1, -0.05) is 30.3 Å². The molecular weight excluding hydrogens is 257 g/mol. The number of alkyl halides is 3. The lowest BCUT2D eigenvalue weighted by molar-refractivity contribution is -0.139. The predicted molar refractivity (Wildman–Crippen MR) is 62.1 cm³/mol. The lowest BCUT2D eigenvalue weighted by atomic mass is 10.1. The van der Waals surface area contributed by atoms with E-state index >= 15 is 0 Å². The van der Waals surface area contributed by atoms with E-state index in [4.69, 9.17) is 0 Å². The summed E-state index contributed by atoms with van der Waals surface area (Å²) >= 11 is 0. The summed E-state index contributed by atoms with van der Waals surface area (Å²) in [5, 5.41) is 5.45. The molecule has 2 heterocycles. The van der Waals surface area contributed by atoms with Crippen molar-refractivity contribution in [3.8, 4) is 11.3 Å². The van der Waals surface area contributed by atoms with Crippen molar-refractivity contribution in [3.63, 3.8) is 0 Å². The number of nitrogens with one attached hydrogen (secondary N) is 1. The van der Waals surface area contributed by atoms with Gasteiger partial charge in [0.2, 0.25) is 0 Å². The first-order valence-corrected chi connectivity index (χ1v) is 5.39. The molecule has 0 atom stereocenters. The molecule has 3 rings (SSSR count). The van der Waals surface area contributed by atoms with Gasteiger partial charge in [0.1, 0.15) is 6.33 Å². The summed E-state index contributed by atoms with van der Waals surface area (Å²) in [7, 11) is 0. The molecule has 3 aromatic rings. The Morgan fingerprint density at radius 3 is 2.42 bits per heavy atom. The topological polar surface area (TPSA) is 54.5 Å². The predicted octanol–water partition coefficient (Wildman–Crippen LogP) is 3.04. The maximum absolute atomic E-state index is 12.9. The van der Waals surface area contributed by atoms with Gasteiger partial charge >= 0.3 is 6.18 Å². The van der Waals surface area contributed by atoms with E-state index in [0.29, 0.717) is 5.56 Å². The molecule has 7 heteroatoms. The molecule has 4 nitrogen and oxygen atoms in total. The minimum Gasteiger partial charge on any atom is -0.271 e. The smallest absolute Gasteiger partial charge is 0.271 e. The third kappa shape index (κ3) is 1.92. The Balaban J connectivity index is 2.34. The molecule has 0 aliphatic rings. The summed E-state index contributed by atoms with van der Waals surface area (Å²) in [6.45, 7) is 0. The van der Waals surface area contributed by atoms with Crippen molar-refractivity contribution in [1.82, 2.24) is 20.2 Å². The van der Waals surface area contributed by atoms with Crippen LogP contribution in [0.25, 0.3) is 22.3 Å². The van der Waals surface area contributed by atoms with Crippen LogP contribution in [0.15, 0.2) is 36.7 Å². The van der Waals surface area contributed by atoms with Crippen molar-refractivity contribution >= 4 is 11.0 Å². The largest absolute Gasteiger partial charge is 0.433 e. The normalized spacial score (nSPS) is 11.9. The van der Waals surface area contributed by atoms with E-state index in [9.17, 15) is 13.2 Å². The van der Waals surface area contributed by atoms with E-state index in [1.54, 1.807) is 30.3 Å². The zero-order valence-electron chi connectivity index (χ0n) is 9.44. The minimum absolute atomic E-state index is 0.00109. The van der Waals surface area contributed by atoms with Crippen molar-refractivity contribution in [2.24, 2.45) is 0 Å². The van der Waals surface area contributed by atoms with Crippen LogP contribution >= 0.6 is 0 Å². The van der Waals surface area contributed by atoms with E-state index in [2.05, 4.69) is 15.1 Å².